The largest absolute Gasteiger partial charge is 0.450 e. The molecule has 0 N–H and O–H groups in total. The van der Waals surface area contributed by atoms with Crippen LogP contribution in [0.15, 0.2) is 29.2 Å². The highest BCUT2D eigenvalue weighted by Gasteiger charge is 2.33. The molecule has 0 bridgehead atoms. The van der Waals surface area contributed by atoms with Crippen LogP contribution in [0.5, 0.6) is 0 Å². The Labute approximate surface area is 190 Å². The van der Waals surface area contributed by atoms with Crippen molar-refractivity contribution in [3.8, 4) is 0 Å². The van der Waals surface area contributed by atoms with Crippen molar-refractivity contribution in [2.75, 3.05) is 39.3 Å². The zero-order valence-electron chi connectivity index (χ0n) is 16.5. The van der Waals surface area contributed by atoms with Gasteiger partial charge in [0, 0.05) is 44.2 Å². The maximum atomic E-state index is 12.7. The average Bonchev–Trinajstić information content (AvgIpc) is 3.01. The maximum Gasteiger partial charge on any atom is 0.409 e. The van der Waals surface area contributed by atoms with Gasteiger partial charge in [-0.3, -0.25) is 14.5 Å². The lowest BCUT2D eigenvalue weighted by molar-refractivity contribution is -0.133. The van der Waals surface area contributed by atoms with Crippen molar-refractivity contribution in [2.45, 2.75) is 13.3 Å². The zero-order valence-corrected chi connectivity index (χ0v) is 18.9. The minimum absolute atomic E-state index is 0.0670. The lowest BCUT2D eigenvalue weighted by Crippen LogP contribution is -2.51. The molecule has 0 unspecified atom stereocenters. The van der Waals surface area contributed by atoms with Crippen LogP contribution in [-0.2, 0) is 14.3 Å². The number of amides is 3. The Bertz CT molecular complexity index is 885. The molecule has 2 aliphatic heterocycles. The van der Waals surface area contributed by atoms with E-state index in [1.807, 2.05) is 18.2 Å². The molecule has 2 aliphatic rings. The van der Waals surface area contributed by atoms with Gasteiger partial charge < -0.3 is 14.5 Å². The molecule has 2 fully saturated rings. The molecular weight excluding hydrogens is 446 g/mol. The third-order valence-electron chi connectivity index (χ3n) is 4.77. The molecule has 3 amide bonds. The Kier molecular flexibility index (Phi) is 7.74. The van der Waals surface area contributed by atoms with Crippen molar-refractivity contribution in [2.24, 2.45) is 0 Å². The van der Waals surface area contributed by atoms with Crippen LogP contribution in [0.1, 0.15) is 18.9 Å². The van der Waals surface area contributed by atoms with Crippen molar-refractivity contribution < 1.29 is 19.1 Å². The lowest BCUT2D eigenvalue weighted by Gasteiger charge is -2.34. The summed E-state index contributed by atoms with van der Waals surface area (Å²) in [5, 5.41) is 0.555. The number of thioether (sulfide) groups is 1. The average molecular weight is 468 g/mol. The van der Waals surface area contributed by atoms with E-state index >= 15 is 0 Å². The van der Waals surface area contributed by atoms with Gasteiger partial charge in [0.15, 0.2) is 0 Å². The third kappa shape index (κ3) is 5.33. The van der Waals surface area contributed by atoms with Crippen molar-refractivity contribution in [1.82, 2.24) is 14.7 Å². The van der Waals surface area contributed by atoms with E-state index in [0.717, 1.165) is 5.56 Å². The standard InChI is InChI=1S/C20H22ClN3O4S2/c1-2-28-19(27)23-11-9-22(10-12-23)17(25)7-8-24-18(26)16(30-20(24)29)13-14-5-3-4-6-15(14)21/h3-6,13H,2,7-12H2,1H3. The van der Waals surface area contributed by atoms with Gasteiger partial charge in [0.1, 0.15) is 4.32 Å². The summed E-state index contributed by atoms with van der Waals surface area (Å²) in [5.41, 5.74) is 0.746. The van der Waals surface area contributed by atoms with Gasteiger partial charge in [-0.15, -0.1) is 0 Å². The molecule has 0 aromatic heterocycles. The molecule has 3 rings (SSSR count). The minimum atomic E-state index is -0.354. The van der Waals surface area contributed by atoms with Gasteiger partial charge in [0.25, 0.3) is 5.91 Å². The number of hydrogen-bond donors (Lipinski definition) is 0. The first-order valence-corrected chi connectivity index (χ1v) is 11.2. The fraction of sp³-hybridized carbons (Fsp3) is 0.400. The molecule has 0 radical (unpaired) electrons. The Hall–Kier alpha value is -2.10. The summed E-state index contributed by atoms with van der Waals surface area (Å²) in [7, 11) is 0. The van der Waals surface area contributed by atoms with E-state index in [2.05, 4.69) is 0 Å². The Morgan fingerprint density at radius 1 is 1.20 bits per heavy atom. The normalized spacial score (nSPS) is 18.3. The Morgan fingerprint density at radius 3 is 2.53 bits per heavy atom. The molecule has 2 heterocycles. The van der Waals surface area contributed by atoms with Crippen molar-refractivity contribution in [3.05, 3.63) is 39.8 Å². The number of ether oxygens (including phenoxy) is 1. The molecule has 0 atom stereocenters. The first kappa shape index (κ1) is 22.6. The summed E-state index contributed by atoms with van der Waals surface area (Å²) in [6, 6.07) is 7.25. The van der Waals surface area contributed by atoms with Crippen LogP contribution in [0.3, 0.4) is 0 Å². The van der Waals surface area contributed by atoms with Crippen molar-refractivity contribution >= 4 is 63.9 Å². The predicted octanol–water partition coefficient (Wildman–Crippen LogP) is 3.23. The summed E-state index contributed by atoms with van der Waals surface area (Å²) in [5.74, 6) is -0.285. The number of carbonyl (C=O) groups excluding carboxylic acids is 3. The van der Waals surface area contributed by atoms with Crippen molar-refractivity contribution in [3.63, 3.8) is 0 Å². The van der Waals surface area contributed by atoms with Crippen LogP contribution < -0.4 is 0 Å². The second-order valence-corrected chi connectivity index (χ2v) is 8.75. The number of thiocarbonyl (C=S) groups is 1. The van der Waals surface area contributed by atoms with Gasteiger partial charge in [0.2, 0.25) is 5.91 Å². The zero-order chi connectivity index (χ0) is 21.7. The fourth-order valence-corrected chi connectivity index (χ4v) is 4.63. The lowest BCUT2D eigenvalue weighted by atomic mass is 10.2. The third-order valence-corrected chi connectivity index (χ3v) is 6.50. The number of carbonyl (C=O) groups is 3. The topological polar surface area (TPSA) is 70.2 Å². The van der Waals surface area contributed by atoms with E-state index in [4.69, 9.17) is 28.6 Å². The van der Waals surface area contributed by atoms with Crippen LogP contribution in [0.25, 0.3) is 6.08 Å². The number of hydrogen-bond acceptors (Lipinski definition) is 6. The van der Waals surface area contributed by atoms with E-state index in [1.54, 1.807) is 28.9 Å². The summed E-state index contributed by atoms with van der Waals surface area (Å²) in [6.45, 7) is 4.08. The highest BCUT2D eigenvalue weighted by molar-refractivity contribution is 8.26. The molecular formula is C20H22ClN3O4S2. The first-order chi connectivity index (χ1) is 14.4. The number of rotatable bonds is 5. The molecule has 0 aliphatic carbocycles. The summed E-state index contributed by atoms with van der Waals surface area (Å²) in [4.78, 5) is 42.3. The molecule has 10 heteroatoms. The SMILES string of the molecule is CCOC(=O)N1CCN(C(=O)CCN2C(=O)C(=Cc3ccccc3Cl)SC2=S)CC1. The minimum Gasteiger partial charge on any atom is -0.450 e. The number of halogens is 1. The van der Waals surface area contributed by atoms with Gasteiger partial charge in [-0.2, -0.15) is 0 Å². The summed E-state index contributed by atoms with van der Waals surface area (Å²) < 4.78 is 5.41. The number of nitrogens with zero attached hydrogens (tertiary/aromatic N) is 3. The smallest absolute Gasteiger partial charge is 0.409 e. The fourth-order valence-electron chi connectivity index (χ4n) is 3.14. The van der Waals surface area contributed by atoms with E-state index < -0.39 is 0 Å². The highest BCUT2D eigenvalue weighted by Crippen LogP contribution is 2.33. The predicted molar refractivity (Wildman–Crippen MR) is 121 cm³/mol. The molecule has 7 nitrogen and oxygen atoms in total. The second-order valence-electron chi connectivity index (χ2n) is 6.67. The van der Waals surface area contributed by atoms with E-state index in [-0.39, 0.29) is 30.9 Å². The monoisotopic (exact) mass is 467 g/mol. The highest BCUT2D eigenvalue weighted by atomic mass is 35.5. The molecule has 1 aromatic rings. The van der Waals surface area contributed by atoms with E-state index in [0.29, 0.717) is 47.0 Å². The quantitative estimate of drug-likeness (QED) is 0.489. The van der Waals surface area contributed by atoms with Crippen LogP contribution >= 0.6 is 35.6 Å². The van der Waals surface area contributed by atoms with Gasteiger partial charge in [-0.1, -0.05) is 53.8 Å². The van der Waals surface area contributed by atoms with Crippen LogP contribution in [0.2, 0.25) is 5.02 Å². The van der Waals surface area contributed by atoms with E-state index in [9.17, 15) is 14.4 Å². The maximum absolute atomic E-state index is 12.7. The molecule has 30 heavy (non-hydrogen) atoms. The van der Waals surface area contributed by atoms with Gasteiger partial charge >= 0.3 is 6.09 Å². The van der Waals surface area contributed by atoms with Gasteiger partial charge in [-0.05, 0) is 24.6 Å². The molecule has 2 saturated heterocycles. The first-order valence-electron chi connectivity index (χ1n) is 9.60. The second kappa shape index (κ2) is 10.3. The molecule has 0 saturated carbocycles. The van der Waals surface area contributed by atoms with Gasteiger partial charge in [0.05, 0.1) is 11.5 Å². The van der Waals surface area contributed by atoms with E-state index in [1.165, 1.54) is 16.7 Å². The number of benzene rings is 1. The molecule has 0 spiro atoms. The van der Waals surface area contributed by atoms with Crippen LogP contribution in [0.4, 0.5) is 4.79 Å². The van der Waals surface area contributed by atoms with Crippen LogP contribution in [0, 0.1) is 0 Å². The Morgan fingerprint density at radius 2 is 1.87 bits per heavy atom. The Balaban J connectivity index is 1.53. The molecule has 160 valence electrons. The number of piperazine rings is 1. The van der Waals surface area contributed by atoms with Gasteiger partial charge in [-0.25, -0.2) is 4.79 Å². The van der Waals surface area contributed by atoms with Crippen molar-refractivity contribution in [1.29, 1.82) is 0 Å². The summed E-state index contributed by atoms with van der Waals surface area (Å²) in [6.07, 6.45) is 1.54. The van der Waals surface area contributed by atoms with Crippen LogP contribution in [-0.4, -0.2) is 76.3 Å². The summed E-state index contributed by atoms with van der Waals surface area (Å²) >= 11 is 12.7. The molecule has 1 aromatic carbocycles.